The molecule has 0 aromatic carbocycles. The molecular formula is C14H21N3O2. The number of anilines is 1. The quantitative estimate of drug-likeness (QED) is 0.887. The summed E-state index contributed by atoms with van der Waals surface area (Å²) in [4.78, 5) is 13.7. The fourth-order valence-electron chi connectivity index (χ4n) is 3.86. The number of piperidine rings is 1. The van der Waals surface area contributed by atoms with E-state index in [1.807, 2.05) is 7.05 Å². The maximum absolute atomic E-state index is 11.5. The van der Waals surface area contributed by atoms with E-state index in [1.54, 1.807) is 11.6 Å². The molecule has 0 radical (unpaired) electrons. The Balaban J connectivity index is 1.96. The van der Waals surface area contributed by atoms with Gasteiger partial charge in [-0.25, -0.2) is 4.79 Å². The van der Waals surface area contributed by atoms with E-state index in [0.717, 1.165) is 30.7 Å². The van der Waals surface area contributed by atoms with Crippen LogP contribution in [0, 0.1) is 18.8 Å². The Kier molecular flexibility index (Phi) is 2.99. The Labute approximate surface area is 113 Å². The van der Waals surface area contributed by atoms with Crippen molar-refractivity contribution in [3.8, 4) is 0 Å². The molecule has 2 fully saturated rings. The van der Waals surface area contributed by atoms with E-state index in [9.17, 15) is 9.90 Å². The smallest absolute Gasteiger partial charge is 0.341 e. The molecule has 3 rings (SSSR count). The van der Waals surface area contributed by atoms with E-state index in [-0.39, 0.29) is 0 Å². The molecule has 1 N–H and O–H groups in total. The number of aryl methyl sites for hydroxylation is 2. The molecule has 2 aliphatic rings. The average molecular weight is 263 g/mol. The summed E-state index contributed by atoms with van der Waals surface area (Å²) in [6.07, 6.45) is 5.22. The molecule has 2 heterocycles. The van der Waals surface area contributed by atoms with Gasteiger partial charge < -0.3 is 10.0 Å². The number of carboxylic acid groups (broad SMARTS) is 1. The van der Waals surface area contributed by atoms with E-state index >= 15 is 0 Å². The highest BCUT2D eigenvalue weighted by Gasteiger charge is 2.34. The number of hydrogen-bond acceptors (Lipinski definition) is 3. The molecule has 5 heteroatoms. The fraction of sp³-hybridized carbons (Fsp3) is 0.714. The highest BCUT2D eigenvalue weighted by Crippen LogP contribution is 2.37. The first-order chi connectivity index (χ1) is 9.06. The molecule has 5 nitrogen and oxygen atoms in total. The first kappa shape index (κ1) is 12.5. The Morgan fingerprint density at radius 2 is 1.95 bits per heavy atom. The number of rotatable bonds is 2. The topological polar surface area (TPSA) is 58.4 Å². The second-order valence-electron chi connectivity index (χ2n) is 6.02. The van der Waals surface area contributed by atoms with Crippen molar-refractivity contribution < 1.29 is 9.90 Å². The van der Waals surface area contributed by atoms with Crippen LogP contribution in [0.2, 0.25) is 0 Å². The van der Waals surface area contributed by atoms with Crippen LogP contribution in [0.5, 0.6) is 0 Å². The normalized spacial score (nSPS) is 26.5. The Morgan fingerprint density at radius 3 is 2.53 bits per heavy atom. The molecular weight excluding hydrogens is 242 g/mol. The van der Waals surface area contributed by atoms with Crippen LogP contribution in [0.1, 0.15) is 41.7 Å². The van der Waals surface area contributed by atoms with Crippen LogP contribution in [-0.2, 0) is 7.05 Å². The van der Waals surface area contributed by atoms with Crippen LogP contribution in [0.3, 0.4) is 0 Å². The minimum Gasteiger partial charge on any atom is -0.477 e. The summed E-state index contributed by atoms with van der Waals surface area (Å²) in [7, 11) is 1.85. The molecule has 0 spiro atoms. The van der Waals surface area contributed by atoms with Gasteiger partial charge >= 0.3 is 5.97 Å². The number of carbonyl (C=O) groups is 1. The van der Waals surface area contributed by atoms with Gasteiger partial charge in [-0.15, -0.1) is 0 Å². The zero-order valence-electron chi connectivity index (χ0n) is 11.6. The number of aromatic carboxylic acids is 1. The second kappa shape index (κ2) is 4.54. The molecule has 19 heavy (non-hydrogen) atoms. The van der Waals surface area contributed by atoms with Crippen LogP contribution < -0.4 is 4.90 Å². The van der Waals surface area contributed by atoms with Gasteiger partial charge in [-0.1, -0.05) is 6.42 Å². The van der Waals surface area contributed by atoms with Crippen molar-refractivity contribution in [2.24, 2.45) is 18.9 Å². The van der Waals surface area contributed by atoms with Gasteiger partial charge in [0.1, 0.15) is 11.4 Å². The molecule has 2 unspecified atom stereocenters. The van der Waals surface area contributed by atoms with Gasteiger partial charge in [-0.3, -0.25) is 4.68 Å². The summed E-state index contributed by atoms with van der Waals surface area (Å²) < 4.78 is 1.74. The lowest BCUT2D eigenvalue weighted by Crippen LogP contribution is -2.44. The summed E-state index contributed by atoms with van der Waals surface area (Å²) in [5, 5.41) is 13.7. The number of fused-ring (bicyclic) bond motifs is 2. The van der Waals surface area contributed by atoms with Gasteiger partial charge in [0.05, 0.1) is 5.69 Å². The van der Waals surface area contributed by atoms with Gasteiger partial charge in [0.25, 0.3) is 0 Å². The first-order valence-electron chi connectivity index (χ1n) is 7.08. The van der Waals surface area contributed by atoms with Crippen molar-refractivity contribution in [1.29, 1.82) is 0 Å². The largest absolute Gasteiger partial charge is 0.477 e. The third-order valence-corrected chi connectivity index (χ3v) is 4.55. The second-order valence-corrected chi connectivity index (χ2v) is 6.02. The van der Waals surface area contributed by atoms with E-state index in [0.29, 0.717) is 11.3 Å². The molecule has 1 saturated heterocycles. The summed E-state index contributed by atoms with van der Waals surface area (Å²) in [6.45, 7) is 3.74. The van der Waals surface area contributed by atoms with Crippen LogP contribution >= 0.6 is 0 Å². The lowest BCUT2D eigenvalue weighted by atomic mass is 9.78. The molecule has 0 amide bonds. The highest BCUT2D eigenvalue weighted by molar-refractivity contribution is 5.94. The standard InChI is InChI=1S/C14H21N3O2/c1-9-12(14(18)19)13(16(2)15-9)17-7-10-4-3-5-11(6-10)8-17/h10-11H,3-8H2,1-2H3,(H,18,19). The third-order valence-electron chi connectivity index (χ3n) is 4.55. The van der Waals surface area contributed by atoms with E-state index in [1.165, 1.54) is 25.7 Å². The van der Waals surface area contributed by atoms with Crippen molar-refractivity contribution >= 4 is 11.8 Å². The summed E-state index contributed by atoms with van der Waals surface area (Å²) in [6, 6.07) is 0. The Hall–Kier alpha value is -1.52. The van der Waals surface area contributed by atoms with Gasteiger partial charge in [-0.2, -0.15) is 5.10 Å². The van der Waals surface area contributed by atoms with Crippen LogP contribution in [0.25, 0.3) is 0 Å². The maximum atomic E-state index is 11.5. The zero-order valence-corrected chi connectivity index (χ0v) is 11.6. The van der Waals surface area contributed by atoms with E-state index in [2.05, 4.69) is 10.00 Å². The third kappa shape index (κ3) is 2.11. The molecule has 1 aromatic heterocycles. The van der Waals surface area contributed by atoms with Crippen LogP contribution in [0.4, 0.5) is 5.82 Å². The summed E-state index contributed by atoms with van der Waals surface area (Å²) >= 11 is 0. The van der Waals surface area contributed by atoms with Crippen molar-refractivity contribution in [3.05, 3.63) is 11.3 Å². The lowest BCUT2D eigenvalue weighted by molar-refractivity contribution is 0.0696. The lowest BCUT2D eigenvalue weighted by Gasteiger charge is -2.42. The summed E-state index contributed by atoms with van der Waals surface area (Å²) in [5.74, 6) is 1.38. The van der Waals surface area contributed by atoms with E-state index < -0.39 is 5.97 Å². The van der Waals surface area contributed by atoms with Crippen molar-refractivity contribution in [3.63, 3.8) is 0 Å². The number of nitrogens with zero attached hydrogens (tertiary/aromatic N) is 3. The summed E-state index contributed by atoms with van der Waals surface area (Å²) in [5.41, 5.74) is 0.989. The maximum Gasteiger partial charge on any atom is 0.341 e. The number of hydrogen-bond donors (Lipinski definition) is 1. The molecule has 1 aliphatic heterocycles. The van der Waals surface area contributed by atoms with Gasteiger partial charge in [0.2, 0.25) is 0 Å². The minimum absolute atomic E-state index is 0.377. The van der Waals surface area contributed by atoms with Gasteiger partial charge in [0, 0.05) is 20.1 Å². The molecule has 1 saturated carbocycles. The van der Waals surface area contributed by atoms with Gasteiger partial charge in [0.15, 0.2) is 0 Å². The molecule has 104 valence electrons. The van der Waals surface area contributed by atoms with Crippen LogP contribution in [0.15, 0.2) is 0 Å². The first-order valence-corrected chi connectivity index (χ1v) is 7.08. The van der Waals surface area contributed by atoms with Crippen molar-refractivity contribution in [2.45, 2.75) is 32.6 Å². The van der Waals surface area contributed by atoms with Crippen molar-refractivity contribution in [1.82, 2.24) is 9.78 Å². The highest BCUT2D eigenvalue weighted by atomic mass is 16.4. The molecule has 2 bridgehead atoms. The fourth-order valence-corrected chi connectivity index (χ4v) is 3.86. The number of aromatic nitrogens is 2. The van der Waals surface area contributed by atoms with Crippen LogP contribution in [-0.4, -0.2) is 33.9 Å². The SMILES string of the molecule is Cc1nn(C)c(N2CC3CCCC(C3)C2)c1C(=O)O. The predicted molar refractivity (Wildman–Crippen MR) is 72.6 cm³/mol. The van der Waals surface area contributed by atoms with Gasteiger partial charge in [-0.05, 0) is 38.0 Å². The monoisotopic (exact) mass is 263 g/mol. The average Bonchev–Trinajstić information content (AvgIpc) is 2.63. The Morgan fingerprint density at radius 1 is 1.32 bits per heavy atom. The zero-order chi connectivity index (χ0) is 13.6. The predicted octanol–water partition coefficient (Wildman–Crippen LogP) is 2.05. The molecule has 1 aliphatic carbocycles. The van der Waals surface area contributed by atoms with E-state index in [4.69, 9.17) is 0 Å². The molecule has 1 aromatic rings. The molecule has 2 atom stereocenters. The number of carboxylic acids is 1. The van der Waals surface area contributed by atoms with Crippen molar-refractivity contribution in [2.75, 3.05) is 18.0 Å². The Bertz CT molecular complexity index is 497. The minimum atomic E-state index is -0.865.